The third-order valence-electron chi connectivity index (χ3n) is 3.85. The molecule has 110 valence electrons. The number of carbonyl (C=O) groups excluding carboxylic acids is 1. The number of rotatable bonds is 2. The monoisotopic (exact) mass is 323 g/mol. The van der Waals surface area contributed by atoms with Gasteiger partial charge in [-0.15, -0.1) is 0 Å². The minimum Gasteiger partial charge on any atom is -0.406 e. The third-order valence-corrected chi connectivity index (χ3v) is 4.41. The van der Waals surface area contributed by atoms with E-state index in [0.29, 0.717) is 27.2 Å². The molecule has 0 aromatic heterocycles. The summed E-state index contributed by atoms with van der Waals surface area (Å²) in [5.41, 5.74) is 1.02. The fourth-order valence-corrected chi connectivity index (χ4v) is 3.18. The predicted molar refractivity (Wildman–Crippen MR) is 84.5 cm³/mol. The zero-order valence-electron chi connectivity index (χ0n) is 11.4. The van der Waals surface area contributed by atoms with Gasteiger partial charge in [-0.3, -0.25) is 0 Å². The molecule has 21 heavy (non-hydrogen) atoms. The highest BCUT2D eigenvalue weighted by Crippen LogP contribution is 2.30. The molecule has 0 saturated heterocycles. The number of esters is 1. The molecule has 0 N–H and O–H groups in total. The molecule has 1 saturated carbocycles. The first-order valence-corrected chi connectivity index (χ1v) is 7.86. The molecule has 1 aliphatic carbocycles. The van der Waals surface area contributed by atoms with Gasteiger partial charge in [0.15, 0.2) is 5.70 Å². The Kier molecular flexibility index (Phi) is 4.32. The largest absolute Gasteiger partial charge is 0.406 e. The van der Waals surface area contributed by atoms with Crippen LogP contribution in [0, 0.1) is 5.92 Å². The first-order valence-electron chi connectivity index (χ1n) is 7.11. The summed E-state index contributed by atoms with van der Waals surface area (Å²) in [5.74, 6) is 0.437. The van der Waals surface area contributed by atoms with Gasteiger partial charge >= 0.3 is 5.97 Å². The van der Waals surface area contributed by atoms with Crippen LogP contribution >= 0.6 is 23.2 Å². The van der Waals surface area contributed by atoms with Crippen LogP contribution in [-0.2, 0) is 9.53 Å². The van der Waals surface area contributed by atoms with E-state index in [1.165, 1.54) is 19.3 Å². The summed E-state index contributed by atoms with van der Waals surface area (Å²) in [6.07, 6.45) is 7.33. The van der Waals surface area contributed by atoms with E-state index in [9.17, 15) is 4.79 Å². The van der Waals surface area contributed by atoms with Crippen LogP contribution in [-0.4, -0.2) is 11.9 Å². The van der Waals surface area contributed by atoms with Crippen molar-refractivity contribution in [3.63, 3.8) is 0 Å². The second-order valence-corrected chi connectivity index (χ2v) is 6.21. The van der Waals surface area contributed by atoms with Gasteiger partial charge in [0.1, 0.15) is 0 Å². The van der Waals surface area contributed by atoms with Crippen molar-refractivity contribution in [1.82, 2.24) is 0 Å². The van der Waals surface area contributed by atoms with Gasteiger partial charge in [-0.05, 0) is 36.6 Å². The van der Waals surface area contributed by atoms with E-state index in [-0.39, 0.29) is 5.92 Å². The van der Waals surface area contributed by atoms with Crippen molar-refractivity contribution in [2.75, 3.05) is 0 Å². The summed E-state index contributed by atoms with van der Waals surface area (Å²) in [4.78, 5) is 16.3. The van der Waals surface area contributed by atoms with Gasteiger partial charge < -0.3 is 4.74 Å². The highest BCUT2D eigenvalue weighted by Gasteiger charge is 2.30. The molecule has 3 nitrogen and oxygen atoms in total. The summed E-state index contributed by atoms with van der Waals surface area (Å²) in [6.45, 7) is 0. The Balaban J connectivity index is 1.85. The highest BCUT2D eigenvalue weighted by atomic mass is 35.5. The SMILES string of the molecule is O=C1OC(C2CCCCC2)=NC1=Cc1ccc(Cl)cc1Cl. The van der Waals surface area contributed by atoms with Crippen LogP contribution in [0.3, 0.4) is 0 Å². The molecule has 3 rings (SSSR count). The van der Waals surface area contributed by atoms with E-state index in [1.54, 1.807) is 24.3 Å². The maximum Gasteiger partial charge on any atom is 0.363 e. The highest BCUT2D eigenvalue weighted by molar-refractivity contribution is 6.35. The Labute approximate surface area is 133 Å². The van der Waals surface area contributed by atoms with E-state index < -0.39 is 5.97 Å². The summed E-state index contributed by atoms with van der Waals surface area (Å²) >= 11 is 12.0. The van der Waals surface area contributed by atoms with Crippen molar-refractivity contribution in [3.8, 4) is 0 Å². The molecule has 0 spiro atoms. The zero-order valence-corrected chi connectivity index (χ0v) is 13.0. The Hall–Kier alpha value is -1.32. The van der Waals surface area contributed by atoms with Crippen LogP contribution in [0.2, 0.25) is 10.0 Å². The smallest absolute Gasteiger partial charge is 0.363 e. The fraction of sp³-hybridized carbons (Fsp3) is 0.375. The minimum absolute atomic E-state index is 0.272. The van der Waals surface area contributed by atoms with Crippen LogP contribution in [0.4, 0.5) is 0 Å². The second kappa shape index (κ2) is 6.20. The molecule has 1 aromatic carbocycles. The van der Waals surface area contributed by atoms with Crippen molar-refractivity contribution in [2.24, 2.45) is 10.9 Å². The van der Waals surface area contributed by atoms with Crippen LogP contribution in [0.5, 0.6) is 0 Å². The molecule has 0 atom stereocenters. The number of nitrogens with zero attached hydrogens (tertiary/aromatic N) is 1. The van der Waals surface area contributed by atoms with Gasteiger partial charge in [0, 0.05) is 16.0 Å². The number of cyclic esters (lactones) is 1. The van der Waals surface area contributed by atoms with Crippen LogP contribution in [0.15, 0.2) is 28.9 Å². The Morgan fingerprint density at radius 1 is 1.19 bits per heavy atom. The maximum atomic E-state index is 11.9. The molecule has 0 unspecified atom stereocenters. The second-order valence-electron chi connectivity index (χ2n) is 5.37. The number of aliphatic imine (C=N–C) groups is 1. The molecule has 1 fully saturated rings. The lowest BCUT2D eigenvalue weighted by atomic mass is 9.89. The van der Waals surface area contributed by atoms with Gasteiger partial charge in [0.05, 0.1) is 0 Å². The van der Waals surface area contributed by atoms with Gasteiger partial charge in [-0.2, -0.15) is 0 Å². The predicted octanol–water partition coefficient (Wildman–Crippen LogP) is 4.87. The van der Waals surface area contributed by atoms with E-state index in [2.05, 4.69) is 4.99 Å². The van der Waals surface area contributed by atoms with Crippen molar-refractivity contribution in [1.29, 1.82) is 0 Å². The average Bonchev–Trinajstić information content (AvgIpc) is 2.84. The molecule has 5 heteroatoms. The zero-order chi connectivity index (χ0) is 14.8. The van der Waals surface area contributed by atoms with Gasteiger partial charge in [0.25, 0.3) is 0 Å². The van der Waals surface area contributed by atoms with E-state index in [4.69, 9.17) is 27.9 Å². The lowest BCUT2D eigenvalue weighted by Gasteiger charge is -2.19. The molecular formula is C16H15Cl2NO2. The van der Waals surface area contributed by atoms with Crippen molar-refractivity contribution < 1.29 is 9.53 Å². The summed E-state index contributed by atoms with van der Waals surface area (Å²) in [6, 6.07) is 5.13. The fourth-order valence-electron chi connectivity index (χ4n) is 2.72. The third kappa shape index (κ3) is 3.30. The van der Waals surface area contributed by atoms with Gasteiger partial charge in [0.2, 0.25) is 5.90 Å². The first kappa shape index (κ1) is 14.6. The number of carbonyl (C=O) groups is 1. The minimum atomic E-state index is -0.401. The average molecular weight is 324 g/mol. The Morgan fingerprint density at radius 2 is 1.95 bits per heavy atom. The molecule has 0 radical (unpaired) electrons. The molecule has 1 aliphatic heterocycles. The summed E-state index contributed by atoms with van der Waals surface area (Å²) < 4.78 is 5.32. The van der Waals surface area contributed by atoms with Crippen LogP contribution < -0.4 is 0 Å². The number of ether oxygens (including phenoxy) is 1. The van der Waals surface area contributed by atoms with Crippen molar-refractivity contribution in [2.45, 2.75) is 32.1 Å². The topological polar surface area (TPSA) is 38.7 Å². The molecule has 1 aromatic rings. The number of benzene rings is 1. The summed E-state index contributed by atoms with van der Waals surface area (Å²) in [7, 11) is 0. The first-order chi connectivity index (χ1) is 10.1. The maximum absolute atomic E-state index is 11.9. The van der Waals surface area contributed by atoms with Gasteiger partial charge in [-0.25, -0.2) is 9.79 Å². The molecule has 2 aliphatic rings. The lowest BCUT2D eigenvalue weighted by molar-refractivity contribution is -0.130. The molecule has 1 heterocycles. The van der Waals surface area contributed by atoms with Gasteiger partial charge in [-0.1, -0.05) is 48.5 Å². The van der Waals surface area contributed by atoms with E-state index in [1.807, 2.05) is 0 Å². The normalized spacial score (nSPS) is 21.5. The Bertz CT molecular complexity index is 631. The molecule has 0 amide bonds. The van der Waals surface area contributed by atoms with Crippen molar-refractivity contribution >= 4 is 41.1 Å². The quantitative estimate of drug-likeness (QED) is 0.575. The lowest BCUT2D eigenvalue weighted by Crippen LogP contribution is -2.19. The van der Waals surface area contributed by atoms with E-state index >= 15 is 0 Å². The van der Waals surface area contributed by atoms with Crippen molar-refractivity contribution in [3.05, 3.63) is 39.5 Å². The Morgan fingerprint density at radius 3 is 2.67 bits per heavy atom. The summed E-state index contributed by atoms with van der Waals surface area (Å²) in [5, 5.41) is 1.05. The number of hydrogen-bond acceptors (Lipinski definition) is 3. The molecular weight excluding hydrogens is 309 g/mol. The van der Waals surface area contributed by atoms with Crippen LogP contribution in [0.1, 0.15) is 37.7 Å². The standard InChI is InChI=1S/C16H15Cl2NO2/c17-12-7-6-11(13(18)9-12)8-14-16(20)21-15(19-14)10-4-2-1-3-5-10/h6-10H,1-5H2. The number of halogens is 2. The molecule has 0 bridgehead atoms. The number of hydrogen-bond donors (Lipinski definition) is 0. The van der Waals surface area contributed by atoms with Crippen LogP contribution in [0.25, 0.3) is 6.08 Å². The van der Waals surface area contributed by atoms with E-state index in [0.717, 1.165) is 12.8 Å².